The maximum Gasteiger partial charge on any atom is 0.339 e. The van der Waals surface area contributed by atoms with Crippen molar-refractivity contribution in [1.82, 2.24) is 0 Å². The van der Waals surface area contributed by atoms with Crippen molar-refractivity contribution in [3.8, 4) is 0 Å². The third-order valence-electron chi connectivity index (χ3n) is 3.52. The number of hydrogen-bond acceptors (Lipinski definition) is 5. The summed E-state index contributed by atoms with van der Waals surface area (Å²) in [5.74, 6) is -2.45. The van der Waals surface area contributed by atoms with Crippen molar-refractivity contribution in [3.05, 3.63) is 70.3 Å². The van der Waals surface area contributed by atoms with Gasteiger partial charge in [0.15, 0.2) is 18.2 Å². The fourth-order valence-corrected chi connectivity index (χ4v) is 2.53. The van der Waals surface area contributed by atoms with Gasteiger partial charge in [0.2, 0.25) is 0 Å². The van der Waals surface area contributed by atoms with Gasteiger partial charge in [-0.2, -0.15) is 0 Å². The number of nitrogens with two attached hydrogens (primary N) is 1. The van der Waals surface area contributed by atoms with Crippen LogP contribution in [0.4, 0.5) is 0 Å². The number of hydrogen-bond donors (Lipinski definition) is 1. The lowest BCUT2D eigenvalue weighted by molar-refractivity contribution is -0.121. The van der Waals surface area contributed by atoms with Crippen LogP contribution >= 0.6 is 0 Å². The van der Waals surface area contributed by atoms with E-state index in [0.717, 1.165) is 0 Å². The Morgan fingerprint density at radius 2 is 1.48 bits per heavy atom. The molecule has 2 aromatic carbocycles. The van der Waals surface area contributed by atoms with E-state index in [2.05, 4.69) is 0 Å². The normalized spacial score (nSPS) is 12.3. The molecule has 1 aliphatic rings. The maximum absolute atomic E-state index is 12.7. The summed E-state index contributed by atoms with van der Waals surface area (Å²) in [7, 11) is 0. The number of benzene rings is 2. The van der Waals surface area contributed by atoms with Gasteiger partial charge in [0.1, 0.15) is 0 Å². The monoisotopic (exact) mass is 309 g/mol. The quantitative estimate of drug-likeness (QED) is 0.730. The van der Waals surface area contributed by atoms with E-state index in [4.69, 9.17) is 10.5 Å². The average molecular weight is 309 g/mol. The predicted octanol–water partition coefficient (Wildman–Crippen LogP) is 1.10. The van der Waals surface area contributed by atoms with Gasteiger partial charge in [-0.15, -0.1) is 0 Å². The molecule has 0 radical (unpaired) electrons. The van der Waals surface area contributed by atoms with Crippen molar-refractivity contribution >= 4 is 23.4 Å². The Labute approximate surface area is 130 Å². The van der Waals surface area contributed by atoms with Crippen LogP contribution in [0.25, 0.3) is 0 Å². The Morgan fingerprint density at radius 3 is 2.13 bits per heavy atom. The lowest BCUT2D eigenvalue weighted by Crippen LogP contribution is -2.26. The summed E-state index contributed by atoms with van der Waals surface area (Å²) in [6.07, 6.45) is 0. The molecule has 0 heterocycles. The summed E-state index contributed by atoms with van der Waals surface area (Å²) in [6, 6.07) is 10.8. The predicted molar refractivity (Wildman–Crippen MR) is 79.2 cm³/mol. The molecule has 23 heavy (non-hydrogen) atoms. The van der Waals surface area contributed by atoms with Crippen LogP contribution in [0.15, 0.2) is 42.5 Å². The van der Waals surface area contributed by atoms with Gasteiger partial charge in [-0.3, -0.25) is 14.4 Å². The van der Waals surface area contributed by atoms with Crippen LogP contribution in [0.1, 0.15) is 42.2 Å². The van der Waals surface area contributed by atoms with E-state index in [1.165, 1.54) is 24.3 Å². The molecule has 0 spiro atoms. The second-order valence-corrected chi connectivity index (χ2v) is 4.97. The van der Waals surface area contributed by atoms with Gasteiger partial charge < -0.3 is 10.5 Å². The number of ether oxygens (including phenoxy) is 1. The molecule has 6 heteroatoms. The first-order chi connectivity index (χ1) is 11.0. The van der Waals surface area contributed by atoms with E-state index in [0.29, 0.717) is 5.56 Å². The molecule has 2 aromatic rings. The van der Waals surface area contributed by atoms with Crippen LogP contribution in [-0.2, 0) is 9.53 Å². The fourth-order valence-electron chi connectivity index (χ4n) is 2.53. The summed E-state index contributed by atoms with van der Waals surface area (Å²) in [5, 5.41) is 0. The van der Waals surface area contributed by atoms with E-state index in [1.54, 1.807) is 18.2 Å². The number of fused-ring (bicyclic) bond motifs is 2. The van der Waals surface area contributed by atoms with Gasteiger partial charge in [-0.25, -0.2) is 4.79 Å². The number of ketones is 2. The number of carbonyl (C=O) groups is 4. The number of carbonyl (C=O) groups excluding carboxylic acids is 4. The van der Waals surface area contributed by atoms with Crippen molar-refractivity contribution in [3.63, 3.8) is 0 Å². The Kier molecular flexibility index (Phi) is 3.50. The molecule has 3 rings (SSSR count). The van der Waals surface area contributed by atoms with Gasteiger partial charge in [-0.05, 0) is 6.07 Å². The number of esters is 1. The molecule has 0 aliphatic heterocycles. The zero-order valence-corrected chi connectivity index (χ0v) is 11.9. The molecular formula is C17H11NO5. The third-order valence-corrected chi connectivity index (χ3v) is 3.52. The molecule has 0 unspecified atom stereocenters. The lowest BCUT2D eigenvalue weighted by Gasteiger charge is -2.19. The first-order valence-electron chi connectivity index (χ1n) is 6.77. The Hall–Kier alpha value is -3.28. The van der Waals surface area contributed by atoms with E-state index in [1.807, 2.05) is 0 Å². The van der Waals surface area contributed by atoms with Gasteiger partial charge >= 0.3 is 5.97 Å². The molecule has 1 aliphatic carbocycles. The van der Waals surface area contributed by atoms with Crippen LogP contribution in [-0.4, -0.2) is 30.0 Å². The van der Waals surface area contributed by atoms with E-state index in [-0.39, 0.29) is 28.0 Å². The zero-order chi connectivity index (χ0) is 16.6. The Bertz CT molecular complexity index is 869. The zero-order valence-electron chi connectivity index (χ0n) is 11.9. The van der Waals surface area contributed by atoms with E-state index in [9.17, 15) is 19.2 Å². The number of rotatable bonds is 3. The second-order valence-electron chi connectivity index (χ2n) is 4.97. The lowest BCUT2D eigenvalue weighted by atomic mass is 9.82. The Balaban J connectivity index is 2.11. The van der Waals surface area contributed by atoms with Crippen LogP contribution in [0.3, 0.4) is 0 Å². The van der Waals surface area contributed by atoms with Crippen molar-refractivity contribution in [2.75, 3.05) is 6.61 Å². The van der Waals surface area contributed by atoms with Crippen LogP contribution < -0.4 is 5.73 Å². The highest BCUT2D eigenvalue weighted by Gasteiger charge is 2.33. The smallest absolute Gasteiger partial charge is 0.339 e. The summed E-state index contributed by atoms with van der Waals surface area (Å²) >= 11 is 0. The van der Waals surface area contributed by atoms with E-state index >= 15 is 0 Å². The molecule has 0 saturated heterocycles. The minimum atomic E-state index is -0.874. The molecule has 6 nitrogen and oxygen atoms in total. The molecule has 0 saturated carbocycles. The average Bonchev–Trinajstić information content (AvgIpc) is 2.57. The minimum absolute atomic E-state index is 0.00864. The molecule has 0 atom stereocenters. The molecule has 114 valence electrons. The third kappa shape index (κ3) is 2.40. The molecule has 0 bridgehead atoms. The van der Waals surface area contributed by atoms with Crippen LogP contribution in [0, 0.1) is 0 Å². The molecule has 0 fully saturated rings. The van der Waals surface area contributed by atoms with Gasteiger partial charge in [0.25, 0.3) is 5.91 Å². The number of primary amides is 1. The van der Waals surface area contributed by atoms with Crippen molar-refractivity contribution in [1.29, 1.82) is 0 Å². The van der Waals surface area contributed by atoms with Crippen molar-refractivity contribution in [2.45, 2.75) is 0 Å². The molecule has 2 N–H and O–H groups in total. The summed E-state index contributed by atoms with van der Waals surface area (Å²) in [6.45, 7) is -0.596. The summed E-state index contributed by atoms with van der Waals surface area (Å²) in [5.41, 5.74) is 5.54. The highest BCUT2D eigenvalue weighted by atomic mass is 16.5. The highest BCUT2D eigenvalue weighted by molar-refractivity contribution is 6.30. The van der Waals surface area contributed by atoms with Crippen molar-refractivity contribution < 1.29 is 23.9 Å². The highest BCUT2D eigenvalue weighted by Crippen LogP contribution is 2.29. The topological polar surface area (TPSA) is 104 Å². The van der Waals surface area contributed by atoms with Crippen molar-refractivity contribution in [2.24, 2.45) is 5.73 Å². The summed E-state index contributed by atoms with van der Waals surface area (Å²) < 4.78 is 4.75. The first-order valence-corrected chi connectivity index (χ1v) is 6.77. The van der Waals surface area contributed by atoms with E-state index < -0.39 is 24.3 Å². The fraction of sp³-hybridized carbons (Fsp3) is 0.0588. The molecule has 1 amide bonds. The minimum Gasteiger partial charge on any atom is -0.452 e. The molecule has 0 aromatic heterocycles. The van der Waals surface area contributed by atoms with Crippen LogP contribution in [0.2, 0.25) is 0 Å². The van der Waals surface area contributed by atoms with Gasteiger partial charge in [0, 0.05) is 22.3 Å². The van der Waals surface area contributed by atoms with Crippen LogP contribution in [0.5, 0.6) is 0 Å². The van der Waals surface area contributed by atoms with Gasteiger partial charge in [-0.1, -0.05) is 36.4 Å². The largest absolute Gasteiger partial charge is 0.452 e. The van der Waals surface area contributed by atoms with Gasteiger partial charge in [0.05, 0.1) is 5.56 Å². The standard InChI is InChI=1S/C17H11NO5/c18-13(19)8-23-17(22)12-7-3-6-11-14(12)16(21)10-5-2-1-4-9(10)15(11)20/h1-7H,8H2,(H2,18,19). The molecular weight excluding hydrogens is 298 g/mol. The summed E-state index contributed by atoms with van der Waals surface area (Å²) in [4.78, 5) is 48.0. The maximum atomic E-state index is 12.7. The Morgan fingerprint density at radius 1 is 0.870 bits per heavy atom. The number of amides is 1. The second kappa shape index (κ2) is 5.49. The SMILES string of the molecule is NC(=O)COC(=O)c1cccc2c1C(=O)c1ccccc1C2=O. The first kappa shape index (κ1) is 14.6.